The maximum atomic E-state index is 13.6. The fourth-order valence-corrected chi connectivity index (χ4v) is 5.59. The number of carbonyl (C=O) groups excluding carboxylic acids is 1. The summed E-state index contributed by atoms with van der Waals surface area (Å²) in [4.78, 5) is 24.2. The summed E-state index contributed by atoms with van der Waals surface area (Å²) in [5.41, 5.74) is -2.78. The SMILES string of the molecule is O=C(N[C@@H](Cc1ccccc1)c1nnc(SCc2ccc(F)cc2)n1-c1ccc([N+](=O)[O-])cc1)c1cc(C(F)(F)F)cc(C(F)(F)F)c1. The van der Waals surface area contributed by atoms with Crippen molar-refractivity contribution >= 4 is 23.4 Å². The molecule has 1 N–H and O–H groups in total. The van der Waals surface area contributed by atoms with Crippen molar-refractivity contribution in [2.75, 3.05) is 0 Å². The average molecular weight is 690 g/mol. The number of alkyl halides is 6. The fourth-order valence-electron chi connectivity index (χ4n) is 4.68. The van der Waals surface area contributed by atoms with Gasteiger partial charge in [-0.15, -0.1) is 10.2 Å². The molecule has 8 nitrogen and oxygen atoms in total. The molecule has 5 aromatic rings. The number of non-ortho nitro benzene ring substituents is 1. The second-order valence-corrected chi connectivity index (χ2v) is 11.3. The van der Waals surface area contributed by atoms with Gasteiger partial charge in [-0.05, 0) is 60.0 Å². The Kier molecular flexibility index (Phi) is 9.84. The quantitative estimate of drug-likeness (QED) is 0.0685. The van der Waals surface area contributed by atoms with Gasteiger partial charge in [-0.3, -0.25) is 19.5 Å². The van der Waals surface area contributed by atoms with Crippen LogP contribution in [0.15, 0.2) is 102 Å². The van der Waals surface area contributed by atoms with Gasteiger partial charge < -0.3 is 5.32 Å². The number of carbonyl (C=O) groups is 1. The first-order valence-electron chi connectivity index (χ1n) is 13.9. The molecule has 4 aromatic carbocycles. The highest BCUT2D eigenvalue weighted by atomic mass is 32.2. The van der Waals surface area contributed by atoms with Crippen molar-refractivity contribution in [1.29, 1.82) is 0 Å². The summed E-state index contributed by atoms with van der Waals surface area (Å²) in [7, 11) is 0. The maximum Gasteiger partial charge on any atom is 0.416 e. The predicted octanol–water partition coefficient (Wildman–Crippen LogP) is 8.36. The number of thioether (sulfide) groups is 1. The van der Waals surface area contributed by atoms with E-state index in [4.69, 9.17) is 0 Å². The molecule has 16 heteroatoms. The Bertz CT molecular complexity index is 1880. The average Bonchev–Trinajstić information content (AvgIpc) is 3.47. The molecule has 48 heavy (non-hydrogen) atoms. The molecule has 0 saturated heterocycles. The van der Waals surface area contributed by atoms with Crippen molar-refractivity contribution in [3.05, 3.63) is 147 Å². The van der Waals surface area contributed by atoms with Gasteiger partial charge in [-0.1, -0.05) is 54.2 Å². The number of rotatable bonds is 10. The Hall–Kier alpha value is -5.25. The molecule has 1 aromatic heterocycles. The number of nitrogens with one attached hydrogen (secondary N) is 1. The Labute approximate surface area is 271 Å². The first-order chi connectivity index (χ1) is 22.7. The topological polar surface area (TPSA) is 103 Å². The molecule has 0 unspecified atom stereocenters. The number of nitro groups is 1. The number of aromatic nitrogens is 3. The molecule has 0 bridgehead atoms. The van der Waals surface area contributed by atoms with Crippen LogP contribution < -0.4 is 5.32 Å². The number of halogens is 7. The zero-order valence-electron chi connectivity index (χ0n) is 24.3. The van der Waals surface area contributed by atoms with Crippen molar-refractivity contribution in [2.45, 2.75) is 35.7 Å². The monoisotopic (exact) mass is 689 g/mol. The van der Waals surface area contributed by atoms with Crippen LogP contribution in [0.1, 0.15) is 44.5 Å². The molecule has 0 radical (unpaired) electrons. The number of nitro benzene ring substituents is 1. The molecule has 0 aliphatic heterocycles. The summed E-state index contributed by atoms with van der Waals surface area (Å²) in [6.07, 6.45) is -10.4. The van der Waals surface area contributed by atoms with Gasteiger partial charge in [0.2, 0.25) is 0 Å². The maximum absolute atomic E-state index is 13.6. The van der Waals surface area contributed by atoms with Crippen molar-refractivity contribution in [2.24, 2.45) is 0 Å². The van der Waals surface area contributed by atoms with E-state index in [1.165, 1.54) is 41.0 Å². The van der Waals surface area contributed by atoms with E-state index in [0.29, 0.717) is 28.9 Å². The third kappa shape index (κ3) is 8.17. The zero-order valence-corrected chi connectivity index (χ0v) is 25.1. The molecule has 0 saturated carbocycles. The van der Waals surface area contributed by atoms with Crippen molar-refractivity contribution < 1.29 is 40.5 Å². The largest absolute Gasteiger partial charge is 0.416 e. The number of benzene rings is 4. The van der Waals surface area contributed by atoms with E-state index >= 15 is 0 Å². The minimum Gasteiger partial charge on any atom is -0.342 e. The highest BCUT2D eigenvalue weighted by molar-refractivity contribution is 7.98. The van der Waals surface area contributed by atoms with Crippen molar-refractivity contribution in [3.8, 4) is 5.69 Å². The lowest BCUT2D eigenvalue weighted by Gasteiger charge is -2.21. The van der Waals surface area contributed by atoms with Crippen LogP contribution in [-0.4, -0.2) is 25.6 Å². The molecule has 1 heterocycles. The lowest BCUT2D eigenvalue weighted by molar-refractivity contribution is -0.384. The lowest BCUT2D eigenvalue weighted by atomic mass is 10.0. The van der Waals surface area contributed by atoms with E-state index < -0.39 is 51.7 Å². The Morgan fingerprint density at radius 1 is 0.833 bits per heavy atom. The molecule has 0 aliphatic carbocycles. The molecule has 0 aliphatic rings. The third-order valence-corrected chi connectivity index (χ3v) is 8.01. The van der Waals surface area contributed by atoms with Crippen LogP contribution in [-0.2, 0) is 24.5 Å². The Balaban J connectivity index is 1.59. The van der Waals surface area contributed by atoms with Crippen molar-refractivity contribution in [3.63, 3.8) is 0 Å². The van der Waals surface area contributed by atoms with Gasteiger partial charge in [0.15, 0.2) is 11.0 Å². The van der Waals surface area contributed by atoms with Gasteiger partial charge in [-0.2, -0.15) is 26.3 Å². The highest BCUT2D eigenvalue weighted by Crippen LogP contribution is 2.37. The smallest absolute Gasteiger partial charge is 0.342 e. The predicted molar refractivity (Wildman–Crippen MR) is 161 cm³/mol. The minimum absolute atomic E-state index is 0.0224. The first-order valence-corrected chi connectivity index (χ1v) is 14.9. The van der Waals surface area contributed by atoms with Gasteiger partial charge in [0.05, 0.1) is 22.1 Å². The Morgan fingerprint density at radius 2 is 1.44 bits per heavy atom. The number of hydrogen-bond acceptors (Lipinski definition) is 6. The number of nitrogens with zero attached hydrogens (tertiary/aromatic N) is 4. The summed E-state index contributed by atoms with van der Waals surface area (Å²) >= 11 is 1.15. The summed E-state index contributed by atoms with van der Waals surface area (Å²) in [5.74, 6) is -1.38. The first kappa shape index (κ1) is 34.1. The van der Waals surface area contributed by atoms with Gasteiger partial charge in [0.25, 0.3) is 11.6 Å². The third-order valence-electron chi connectivity index (χ3n) is 7.01. The second-order valence-electron chi connectivity index (χ2n) is 10.4. The number of amides is 1. The second kappa shape index (κ2) is 13.9. The highest BCUT2D eigenvalue weighted by Gasteiger charge is 2.38. The van der Waals surface area contributed by atoms with E-state index in [9.17, 15) is 45.6 Å². The molecule has 1 amide bonds. The van der Waals surface area contributed by atoms with Crippen LogP contribution in [0.3, 0.4) is 0 Å². The molecular formula is C32H22F7N5O3S. The zero-order chi connectivity index (χ0) is 34.6. The minimum atomic E-state index is -5.17. The fraction of sp³-hybridized carbons (Fsp3) is 0.156. The van der Waals surface area contributed by atoms with Gasteiger partial charge in [-0.25, -0.2) is 4.39 Å². The lowest BCUT2D eigenvalue weighted by Crippen LogP contribution is -2.32. The molecule has 1 atom stereocenters. The van der Waals surface area contributed by atoms with E-state index in [2.05, 4.69) is 15.5 Å². The summed E-state index contributed by atoms with van der Waals surface area (Å²) < 4.78 is 96.3. The van der Waals surface area contributed by atoms with Gasteiger partial charge in [0.1, 0.15) is 5.82 Å². The van der Waals surface area contributed by atoms with E-state index in [-0.39, 0.29) is 34.9 Å². The Morgan fingerprint density at radius 3 is 2.00 bits per heavy atom. The normalized spacial score (nSPS) is 12.5. The van der Waals surface area contributed by atoms with Gasteiger partial charge in [0, 0.05) is 29.1 Å². The van der Waals surface area contributed by atoms with Gasteiger partial charge >= 0.3 is 12.4 Å². The molecular weight excluding hydrogens is 667 g/mol. The van der Waals surface area contributed by atoms with Crippen LogP contribution in [0.5, 0.6) is 0 Å². The van der Waals surface area contributed by atoms with E-state index in [0.717, 1.165) is 11.8 Å². The molecule has 0 spiro atoms. The molecule has 0 fully saturated rings. The summed E-state index contributed by atoms with van der Waals surface area (Å²) in [6.45, 7) is 0. The van der Waals surface area contributed by atoms with Crippen LogP contribution in [0.2, 0.25) is 0 Å². The van der Waals surface area contributed by atoms with Crippen LogP contribution >= 0.6 is 11.8 Å². The van der Waals surface area contributed by atoms with Crippen LogP contribution in [0, 0.1) is 15.9 Å². The van der Waals surface area contributed by atoms with Crippen LogP contribution in [0.4, 0.5) is 36.4 Å². The molecule has 5 rings (SSSR count). The van der Waals surface area contributed by atoms with E-state index in [1.54, 1.807) is 42.5 Å². The van der Waals surface area contributed by atoms with Crippen LogP contribution in [0.25, 0.3) is 5.69 Å². The standard InChI is InChI=1S/C32H22F7N5O3S/c33-24-8-6-20(7-9-24)18-48-30-42-41-28(43(30)25-10-12-26(13-11-25)44(46)47)27(14-19-4-2-1-3-5-19)40-29(45)21-15-22(31(34,35)36)17-23(16-21)32(37,38)39/h1-13,15-17,27H,14,18H2,(H,40,45)/t27-/m0/s1. The molecule has 248 valence electrons. The summed E-state index contributed by atoms with van der Waals surface area (Å²) in [6, 6.07) is 18.8. The van der Waals surface area contributed by atoms with E-state index in [1.807, 2.05) is 0 Å². The summed E-state index contributed by atoms with van der Waals surface area (Å²) in [5, 5.41) is 22.6. The number of hydrogen-bond donors (Lipinski definition) is 1. The van der Waals surface area contributed by atoms with Crippen molar-refractivity contribution in [1.82, 2.24) is 20.1 Å².